The largest absolute Gasteiger partial charge is 0.507 e. The van der Waals surface area contributed by atoms with Crippen LogP contribution in [0.3, 0.4) is 0 Å². The van der Waals surface area contributed by atoms with Crippen LogP contribution in [0.15, 0.2) is 33.5 Å². The molecule has 228 valence electrons. The summed E-state index contributed by atoms with van der Waals surface area (Å²) in [4.78, 5) is 13.5. The highest BCUT2D eigenvalue weighted by Crippen LogP contribution is 2.51. The zero-order valence-electron chi connectivity index (χ0n) is 21.8. The molecule has 0 saturated carbocycles. The molecule has 2 aliphatic rings. The van der Waals surface area contributed by atoms with Gasteiger partial charge in [-0.3, -0.25) is 4.79 Å². The van der Waals surface area contributed by atoms with E-state index in [0.29, 0.717) is 0 Å². The lowest BCUT2D eigenvalue weighted by molar-refractivity contribution is -0.232. The van der Waals surface area contributed by atoms with Crippen molar-refractivity contribution in [2.75, 3.05) is 6.61 Å². The lowest BCUT2D eigenvalue weighted by Gasteiger charge is -2.42. The molecule has 42 heavy (non-hydrogen) atoms. The van der Waals surface area contributed by atoms with E-state index < -0.39 is 118 Å². The lowest BCUT2D eigenvalue weighted by Crippen LogP contribution is -2.55. The van der Waals surface area contributed by atoms with E-state index in [-0.39, 0.29) is 11.3 Å². The Bertz CT molecular complexity index is 1550. The summed E-state index contributed by atoms with van der Waals surface area (Å²) >= 11 is 0. The molecule has 2 fully saturated rings. The standard InChI is InChI=1S/C27H30O15/c1-7-17(32)21(36)23(38)27(40-7)16-20(35)15(26-24(39)22(37)18(33)13(6-28)42-26)19(34)14-11(31)5-12(41-25(14)16)8-2-3-9(29)10(30)4-8/h2-5,7,13,17-18,21-24,26-30,32-39H,6H2,1H3/t7-,13?,17-,18+,21?,22-,23?,24?,26-,27-/m0/s1. The molecular formula is C27H30O15. The molecule has 5 rings (SSSR count). The van der Waals surface area contributed by atoms with Gasteiger partial charge in [-0.05, 0) is 25.1 Å². The molecule has 2 aromatic carbocycles. The van der Waals surface area contributed by atoms with Crippen LogP contribution in [0.5, 0.6) is 23.0 Å². The van der Waals surface area contributed by atoms with Crippen LogP contribution < -0.4 is 5.43 Å². The molecule has 0 spiro atoms. The predicted molar refractivity (Wildman–Crippen MR) is 139 cm³/mol. The van der Waals surface area contributed by atoms with Gasteiger partial charge in [0.15, 0.2) is 22.5 Å². The van der Waals surface area contributed by atoms with Gasteiger partial charge in [0.25, 0.3) is 0 Å². The van der Waals surface area contributed by atoms with Gasteiger partial charge in [-0.1, -0.05) is 0 Å². The van der Waals surface area contributed by atoms with Gasteiger partial charge in [0.05, 0.1) is 23.8 Å². The highest BCUT2D eigenvalue weighted by atomic mass is 16.5. The second-order valence-electron chi connectivity index (χ2n) is 10.4. The van der Waals surface area contributed by atoms with E-state index >= 15 is 0 Å². The number of fused-ring (bicyclic) bond motifs is 1. The second kappa shape index (κ2) is 11.0. The molecule has 4 unspecified atom stereocenters. The van der Waals surface area contributed by atoms with Gasteiger partial charge in [0, 0.05) is 11.6 Å². The van der Waals surface area contributed by atoms with Crippen LogP contribution in [-0.2, 0) is 9.47 Å². The van der Waals surface area contributed by atoms with Gasteiger partial charge in [0.1, 0.15) is 77.6 Å². The number of aliphatic hydroxyl groups excluding tert-OH is 7. The first-order valence-electron chi connectivity index (χ1n) is 12.9. The fourth-order valence-corrected chi connectivity index (χ4v) is 5.39. The molecule has 3 heterocycles. The number of phenolic OH excluding ortho intramolecular Hbond substituents is 4. The number of aliphatic hydroxyl groups is 7. The molecule has 1 aromatic heterocycles. The summed E-state index contributed by atoms with van der Waals surface area (Å²) in [6, 6.07) is 4.37. The SMILES string of the molecule is C[C@@H]1O[C@@H](c2c(O)c([C@@H]3OC(CO)[C@@H](O)[C@H](O)C3O)c(O)c3c(=O)cc(-c4ccc(O)c(O)c4)oc23)C(O)C(O)[C@H]1O. The van der Waals surface area contributed by atoms with Crippen molar-refractivity contribution in [3.05, 3.63) is 45.6 Å². The average Bonchev–Trinajstić information content (AvgIpc) is 2.95. The number of phenols is 4. The third kappa shape index (κ3) is 4.64. The minimum atomic E-state index is -2.01. The summed E-state index contributed by atoms with van der Waals surface area (Å²) in [6.45, 7) is 0.506. The third-order valence-electron chi connectivity index (χ3n) is 7.77. The topological polar surface area (TPSA) is 271 Å². The van der Waals surface area contributed by atoms with Crippen molar-refractivity contribution in [1.82, 2.24) is 0 Å². The first kappa shape index (κ1) is 30.0. The third-order valence-corrected chi connectivity index (χ3v) is 7.77. The summed E-state index contributed by atoms with van der Waals surface area (Å²) in [5, 5.41) is 114. The number of hydrogen-bond donors (Lipinski definition) is 11. The van der Waals surface area contributed by atoms with E-state index in [9.17, 15) is 61.0 Å². The quantitative estimate of drug-likeness (QED) is 0.151. The number of aromatic hydroxyl groups is 4. The molecule has 15 nitrogen and oxygen atoms in total. The zero-order valence-corrected chi connectivity index (χ0v) is 21.8. The van der Waals surface area contributed by atoms with Crippen molar-refractivity contribution < 1.29 is 70.1 Å². The Labute approximate surface area is 235 Å². The second-order valence-corrected chi connectivity index (χ2v) is 10.4. The van der Waals surface area contributed by atoms with E-state index in [1.54, 1.807) is 0 Å². The van der Waals surface area contributed by atoms with Crippen LogP contribution >= 0.6 is 0 Å². The van der Waals surface area contributed by atoms with Crippen LogP contribution in [0.4, 0.5) is 0 Å². The van der Waals surface area contributed by atoms with Crippen molar-refractivity contribution >= 4 is 11.0 Å². The molecule has 0 radical (unpaired) electrons. The molecule has 2 saturated heterocycles. The Hall–Kier alpha value is -3.51. The monoisotopic (exact) mass is 594 g/mol. The van der Waals surface area contributed by atoms with Gasteiger partial charge < -0.3 is 70.1 Å². The van der Waals surface area contributed by atoms with Gasteiger partial charge in [0.2, 0.25) is 0 Å². The van der Waals surface area contributed by atoms with E-state index in [4.69, 9.17) is 13.9 Å². The maximum atomic E-state index is 13.5. The summed E-state index contributed by atoms with van der Waals surface area (Å²) in [7, 11) is 0. The molecule has 11 N–H and O–H groups in total. The van der Waals surface area contributed by atoms with Crippen molar-refractivity contribution in [2.45, 2.75) is 68.0 Å². The first-order chi connectivity index (χ1) is 19.8. The summed E-state index contributed by atoms with van der Waals surface area (Å²) < 4.78 is 17.1. The van der Waals surface area contributed by atoms with E-state index in [1.807, 2.05) is 0 Å². The average molecular weight is 595 g/mol. The maximum Gasteiger partial charge on any atom is 0.197 e. The van der Waals surface area contributed by atoms with E-state index in [0.717, 1.165) is 18.2 Å². The van der Waals surface area contributed by atoms with Crippen LogP contribution in [0.25, 0.3) is 22.3 Å². The predicted octanol–water partition coefficient (Wildman–Crippen LogP) is -1.66. The van der Waals surface area contributed by atoms with Gasteiger partial charge in [-0.2, -0.15) is 0 Å². The van der Waals surface area contributed by atoms with Crippen molar-refractivity contribution in [1.29, 1.82) is 0 Å². The summed E-state index contributed by atoms with van der Waals surface area (Å²) in [5.74, 6) is -3.22. The number of benzene rings is 2. The van der Waals surface area contributed by atoms with Crippen molar-refractivity contribution in [2.24, 2.45) is 0 Å². The normalized spacial score (nSPS) is 33.6. The van der Waals surface area contributed by atoms with E-state index in [2.05, 4.69) is 0 Å². The molecule has 0 bridgehead atoms. The van der Waals surface area contributed by atoms with Crippen LogP contribution in [0.2, 0.25) is 0 Å². The smallest absolute Gasteiger partial charge is 0.197 e. The zero-order chi connectivity index (χ0) is 30.8. The lowest BCUT2D eigenvalue weighted by atomic mass is 9.85. The Morgan fingerprint density at radius 2 is 1.33 bits per heavy atom. The molecule has 0 aliphatic carbocycles. The van der Waals surface area contributed by atoms with Gasteiger partial charge in [-0.15, -0.1) is 0 Å². The van der Waals surface area contributed by atoms with Crippen LogP contribution in [0.1, 0.15) is 30.3 Å². The molecule has 2 aliphatic heterocycles. The highest BCUT2D eigenvalue weighted by molar-refractivity contribution is 5.92. The number of rotatable bonds is 4. The number of hydrogen-bond acceptors (Lipinski definition) is 15. The molecule has 3 aromatic rings. The fraction of sp³-hybridized carbons (Fsp3) is 0.444. The van der Waals surface area contributed by atoms with Crippen LogP contribution in [0, 0.1) is 0 Å². The van der Waals surface area contributed by atoms with Crippen molar-refractivity contribution in [3.8, 4) is 34.3 Å². The summed E-state index contributed by atoms with van der Waals surface area (Å²) in [5.41, 5.74) is -2.65. The maximum absolute atomic E-state index is 13.5. The van der Waals surface area contributed by atoms with Gasteiger partial charge in [-0.25, -0.2) is 0 Å². The van der Waals surface area contributed by atoms with Crippen molar-refractivity contribution in [3.63, 3.8) is 0 Å². The Balaban J connectivity index is 1.82. The first-order valence-corrected chi connectivity index (χ1v) is 12.9. The minimum Gasteiger partial charge on any atom is -0.507 e. The van der Waals surface area contributed by atoms with E-state index in [1.165, 1.54) is 13.0 Å². The minimum absolute atomic E-state index is 0.0705. The summed E-state index contributed by atoms with van der Waals surface area (Å²) in [6.07, 6.45) is -17.3. The molecule has 15 heteroatoms. The number of ether oxygens (including phenoxy) is 2. The molecular weight excluding hydrogens is 564 g/mol. The van der Waals surface area contributed by atoms with Gasteiger partial charge >= 0.3 is 0 Å². The highest BCUT2D eigenvalue weighted by Gasteiger charge is 2.49. The Kier molecular flexibility index (Phi) is 7.82. The Morgan fingerprint density at radius 3 is 1.95 bits per heavy atom. The Morgan fingerprint density at radius 1 is 0.714 bits per heavy atom. The molecule has 0 amide bonds. The fourth-order valence-electron chi connectivity index (χ4n) is 5.39. The van der Waals surface area contributed by atoms with Crippen LogP contribution in [-0.4, -0.2) is 112 Å². The molecule has 10 atom stereocenters.